The van der Waals surface area contributed by atoms with Gasteiger partial charge in [-0.15, -0.1) is 0 Å². The maximum atomic E-state index is 13.9. The molecular weight excluding hydrogens is 383 g/mol. The Bertz CT molecular complexity index is 388. The maximum absolute atomic E-state index is 13.9. The summed E-state index contributed by atoms with van der Waals surface area (Å²) in [6.45, 7) is 13.4. The summed E-state index contributed by atoms with van der Waals surface area (Å²) in [4.78, 5) is 11.4. The molecule has 0 rings (SSSR count). The first-order chi connectivity index (χ1) is 14.0. The van der Waals surface area contributed by atoms with E-state index in [0.717, 1.165) is 13.1 Å². The smallest absolute Gasteiger partial charge is 0.222 e. The van der Waals surface area contributed by atoms with Gasteiger partial charge in [0.25, 0.3) is 0 Å². The molecule has 0 aromatic carbocycles. The fourth-order valence-corrected chi connectivity index (χ4v) is 2.05. The molecule has 0 heterocycles. The molecule has 0 fully saturated rings. The molecule has 0 spiro atoms. The van der Waals surface area contributed by atoms with Crippen LogP contribution < -0.4 is 10.6 Å². The minimum Gasteiger partial charge on any atom is -0.378 e. The van der Waals surface area contributed by atoms with E-state index in [1.54, 1.807) is 20.8 Å². The van der Waals surface area contributed by atoms with Gasteiger partial charge in [0.05, 0.1) is 72.1 Å². The number of hydrogen-bond donors (Lipinski definition) is 2. The number of likely N-dealkylation sites (N-methyl/N-ethyl adjacent to an activating group) is 1. The van der Waals surface area contributed by atoms with Crippen molar-refractivity contribution in [1.82, 2.24) is 10.6 Å². The lowest BCUT2D eigenvalue weighted by molar-refractivity contribution is -0.124. The third-order valence-corrected chi connectivity index (χ3v) is 3.90. The predicted molar refractivity (Wildman–Crippen MR) is 114 cm³/mol. The van der Waals surface area contributed by atoms with Gasteiger partial charge in [-0.2, -0.15) is 0 Å². The number of nitrogens with one attached hydrogen (secondary N) is 2. The molecule has 0 aromatic rings. The summed E-state index contributed by atoms with van der Waals surface area (Å²) in [7, 11) is 0. The second-order valence-electron chi connectivity index (χ2n) is 6.79. The highest BCUT2D eigenvalue weighted by atomic mass is 19.1. The monoisotopic (exact) mass is 428 g/mol. The molecule has 2 N–H and O–H groups in total. The van der Waals surface area contributed by atoms with Crippen LogP contribution in [0, 0.1) is 5.92 Å². The molecule has 2 unspecified atom stereocenters. The van der Waals surface area contributed by atoms with Crippen LogP contribution in [0.1, 0.15) is 30.5 Å². The highest BCUT2D eigenvalue weighted by molar-refractivity contribution is 5.77. The van der Waals surface area contributed by atoms with E-state index in [1.807, 2.05) is 0 Å². The number of hydrogen-bond acceptors (Lipinski definition) is 7. The molecule has 178 valence electrons. The Hall–Kier alpha value is -0.840. The molecule has 0 aliphatic rings. The lowest BCUT2D eigenvalue weighted by Gasteiger charge is -2.18. The molecule has 0 aromatic heterocycles. The zero-order chi connectivity index (χ0) is 21.7. The summed E-state index contributed by atoms with van der Waals surface area (Å²) in [5.74, 6) is -0.324. The molecule has 0 saturated heterocycles. The van der Waals surface area contributed by atoms with Gasteiger partial charge in [0.15, 0.2) is 0 Å². The van der Waals surface area contributed by atoms with E-state index < -0.39 is 12.3 Å². The van der Waals surface area contributed by atoms with Crippen molar-refractivity contribution < 1.29 is 35.7 Å². The van der Waals surface area contributed by atoms with Gasteiger partial charge in [-0.25, -0.2) is 4.39 Å². The van der Waals surface area contributed by atoms with E-state index in [1.165, 1.54) is 0 Å². The van der Waals surface area contributed by atoms with Crippen LogP contribution in [0.2, 0.25) is 0 Å². The standard InChI is InChI=1S/C20H41FN2O6.2H2/c1-5-22-6-7-25-8-9-26-10-11-27-12-13-28-14-15-29-18(4)19(21)16-23-20(24)17(2)3;;/h17-19,22H,5-16H2,1-4H3,(H,23,24);2*1H. The van der Waals surface area contributed by atoms with Crippen molar-refractivity contribution in [2.24, 2.45) is 5.92 Å². The highest BCUT2D eigenvalue weighted by Crippen LogP contribution is 2.03. The van der Waals surface area contributed by atoms with Crippen molar-refractivity contribution in [1.29, 1.82) is 0 Å². The van der Waals surface area contributed by atoms with Crippen molar-refractivity contribution in [3.8, 4) is 0 Å². The molecule has 0 saturated carbocycles. The van der Waals surface area contributed by atoms with Gasteiger partial charge in [-0.1, -0.05) is 20.8 Å². The molecule has 9 heteroatoms. The molecule has 0 aliphatic carbocycles. The number of rotatable bonds is 21. The van der Waals surface area contributed by atoms with Crippen LogP contribution >= 0.6 is 0 Å². The zero-order valence-electron chi connectivity index (χ0n) is 18.5. The first-order valence-electron chi connectivity index (χ1n) is 10.5. The number of alkyl halides is 1. The Labute approximate surface area is 178 Å². The Morgan fingerprint density at radius 3 is 1.83 bits per heavy atom. The Morgan fingerprint density at radius 2 is 1.34 bits per heavy atom. The average Bonchev–Trinajstić information content (AvgIpc) is 2.71. The van der Waals surface area contributed by atoms with E-state index in [-0.39, 0.29) is 27.8 Å². The number of carbonyl (C=O) groups excluding carboxylic acids is 1. The van der Waals surface area contributed by atoms with E-state index in [2.05, 4.69) is 17.6 Å². The van der Waals surface area contributed by atoms with Gasteiger partial charge in [-0.3, -0.25) is 4.79 Å². The van der Waals surface area contributed by atoms with E-state index in [4.69, 9.17) is 23.7 Å². The van der Waals surface area contributed by atoms with Gasteiger partial charge < -0.3 is 34.3 Å². The molecule has 2 atom stereocenters. The van der Waals surface area contributed by atoms with Crippen molar-refractivity contribution in [2.75, 3.05) is 79.1 Å². The molecule has 29 heavy (non-hydrogen) atoms. The van der Waals surface area contributed by atoms with Crippen LogP contribution in [0.5, 0.6) is 0 Å². The molecule has 8 nitrogen and oxygen atoms in total. The van der Waals surface area contributed by atoms with E-state index in [9.17, 15) is 9.18 Å². The van der Waals surface area contributed by atoms with Crippen molar-refractivity contribution in [3.63, 3.8) is 0 Å². The minimum atomic E-state index is -1.25. The third kappa shape index (κ3) is 18.9. The number of ether oxygens (including phenoxy) is 5. The van der Waals surface area contributed by atoms with Gasteiger partial charge in [0.2, 0.25) is 5.91 Å². The van der Waals surface area contributed by atoms with Gasteiger partial charge >= 0.3 is 0 Å². The Morgan fingerprint density at radius 1 is 0.862 bits per heavy atom. The zero-order valence-corrected chi connectivity index (χ0v) is 18.5. The number of carbonyl (C=O) groups is 1. The minimum absolute atomic E-state index is 0. The lowest BCUT2D eigenvalue weighted by atomic mass is 10.2. The fraction of sp³-hybridized carbons (Fsp3) is 0.950. The summed E-state index contributed by atoms with van der Waals surface area (Å²) < 4.78 is 40.8. The second-order valence-corrected chi connectivity index (χ2v) is 6.79. The maximum Gasteiger partial charge on any atom is 0.222 e. The first kappa shape index (κ1) is 28.2. The summed E-state index contributed by atoms with van der Waals surface area (Å²) in [6.07, 6.45) is -1.86. The van der Waals surface area contributed by atoms with Crippen LogP contribution in [0.15, 0.2) is 0 Å². The highest BCUT2D eigenvalue weighted by Gasteiger charge is 2.18. The average molecular weight is 429 g/mol. The quantitative estimate of drug-likeness (QED) is 0.269. The fourth-order valence-electron chi connectivity index (χ4n) is 2.05. The summed E-state index contributed by atoms with van der Waals surface area (Å²) in [6, 6.07) is 0. The summed E-state index contributed by atoms with van der Waals surface area (Å²) in [5.41, 5.74) is 0. The van der Waals surface area contributed by atoms with Crippen LogP contribution in [0.4, 0.5) is 4.39 Å². The van der Waals surface area contributed by atoms with Crippen LogP contribution in [0.25, 0.3) is 0 Å². The van der Waals surface area contributed by atoms with E-state index in [0.29, 0.717) is 52.9 Å². The van der Waals surface area contributed by atoms with Gasteiger partial charge in [0.1, 0.15) is 6.17 Å². The van der Waals surface area contributed by atoms with E-state index >= 15 is 0 Å². The normalized spacial score (nSPS) is 13.6. The summed E-state index contributed by atoms with van der Waals surface area (Å²) in [5, 5.41) is 5.74. The Balaban J connectivity index is -0.00000392. The molecule has 0 radical (unpaired) electrons. The summed E-state index contributed by atoms with van der Waals surface area (Å²) >= 11 is 0. The molecule has 1 amide bonds. The third-order valence-electron chi connectivity index (χ3n) is 3.90. The molecule has 0 aliphatic heterocycles. The van der Waals surface area contributed by atoms with Gasteiger partial charge in [-0.05, 0) is 13.5 Å². The molecular formula is C20H45FN2O6. The first-order valence-corrected chi connectivity index (χ1v) is 10.5. The predicted octanol–water partition coefficient (Wildman–Crippen LogP) is 1.67. The second kappa shape index (κ2) is 20.4. The van der Waals surface area contributed by atoms with Crippen LogP contribution in [-0.2, 0) is 28.5 Å². The number of halogens is 1. The number of amides is 1. The molecule has 0 bridgehead atoms. The lowest BCUT2D eigenvalue weighted by Crippen LogP contribution is -2.38. The largest absolute Gasteiger partial charge is 0.378 e. The van der Waals surface area contributed by atoms with Crippen molar-refractivity contribution in [3.05, 3.63) is 0 Å². The van der Waals surface area contributed by atoms with Crippen molar-refractivity contribution >= 4 is 5.91 Å². The Kier molecular flexibility index (Phi) is 19.8. The van der Waals surface area contributed by atoms with Crippen molar-refractivity contribution in [2.45, 2.75) is 40.0 Å². The van der Waals surface area contributed by atoms with Crippen LogP contribution in [0.3, 0.4) is 0 Å². The SMILES string of the molecule is CCNCCOCCOCCOCCOCCOC(C)C(F)CNC(=O)C(C)C.[HH].[HH]. The van der Waals surface area contributed by atoms with Crippen LogP contribution in [-0.4, -0.2) is 97.3 Å². The topological polar surface area (TPSA) is 87.3 Å². The van der Waals surface area contributed by atoms with Gasteiger partial charge in [0, 0.05) is 15.3 Å².